The van der Waals surface area contributed by atoms with Crippen LogP contribution in [0.5, 0.6) is 0 Å². The van der Waals surface area contributed by atoms with Gasteiger partial charge in [0.2, 0.25) is 0 Å². The Kier molecular flexibility index (Phi) is 10.5. The lowest BCUT2D eigenvalue weighted by molar-refractivity contribution is 0.0854. The first kappa shape index (κ1) is 30.0. The summed E-state index contributed by atoms with van der Waals surface area (Å²) in [7, 11) is 0. The van der Waals surface area contributed by atoms with Crippen LogP contribution >= 0.6 is 0 Å². The molecule has 0 nitrogen and oxygen atoms in total. The molecule has 0 aromatic carbocycles. The van der Waals surface area contributed by atoms with Gasteiger partial charge in [0.05, 0.1) is 0 Å². The molecule has 0 bridgehead atoms. The van der Waals surface area contributed by atoms with E-state index in [9.17, 15) is 0 Å². The van der Waals surface area contributed by atoms with E-state index in [1.165, 1.54) is 108 Å². The van der Waals surface area contributed by atoms with Gasteiger partial charge in [-0.1, -0.05) is 143 Å². The second kappa shape index (κ2) is 12.6. The normalized spacial score (nSPS) is 38.3. The van der Waals surface area contributed by atoms with E-state index >= 15 is 0 Å². The topological polar surface area (TPSA) is 0 Å². The van der Waals surface area contributed by atoms with Crippen LogP contribution in [0.1, 0.15) is 158 Å². The summed E-state index contributed by atoms with van der Waals surface area (Å²) < 4.78 is 0. The maximum Gasteiger partial charge on any atom is 0.00405 e. The Balaban J connectivity index is 1.84. The number of allylic oxidation sites excluding steroid dienone is 3. The van der Waals surface area contributed by atoms with Crippen molar-refractivity contribution in [3.05, 3.63) is 23.8 Å². The molecule has 3 aliphatic carbocycles. The number of hydrogen-bond donors (Lipinski definition) is 0. The first-order valence-corrected chi connectivity index (χ1v) is 16.5. The first-order chi connectivity index (χ1) is 17.1. The zero-order valence-electron chi connectivity index (χ0n) is 26.0. The van der Waals surface area contributed by atoms with E-state index in [4.69, 9.17) is 0 Å². The Morgan fingerprint density at radius 1 is 0.917 bits per heavy atom. The Morgan fingerprint density at radius 2 is 1.53 bits per heavy atom. The summed E-state index contributed by atoms with van der Waals surface area (Å²) in [4.78, 5) is 0. The molecule has 0 N–H and O–H groups in total. The molecular weight excluding hydrogens is 432 g/mol. The maximum atomic E-state index is 4.64. The average molecular weight is 497 g/mol. The van der Waals surface area contributed by atoms with E-state index < -0.39 is 0 Å². The second-order valence-electron chi connectivity index (χ2n) is 14.6. The summed E-state index contributed by atoms with van der Waals surface area (Å²) in [6.07, 6.45) is 25.4. The van der Waals surface area contributed by atoms with Gasteiger partial charge in [-0.05, 0) is 78.9 Å². The Labute approximate surface area is 227 Å². The largest absolute Gasteiger partial charge is 0.0987 e. The molecule has 8 atom stereocenters. The van der Waals surface area contributed by atoms with E-state index in [2.05, 4.69) is 68.0 Å². The molecule has 0 spiro atoms. The molecule has 0 amide bonds. The van der Waals surface area contributed by atoms with Crippen LogP contribution in [0.3, 0.4) is 0 Å². The summed E-state index contributed by atoms with van der Waals surface area (Å²) in [6, 6.07) is 0. The third-order valence-corrected chi connectivity index (χ3v) is 12.3. The van der Waals surface area contributed by atoms with Crippen LogP contribution in [-0.2, 0) is 0 Å². The van der Waals surface area contributed by atoms with Crippen molar-refractivity contribution in [2.75, 3.05) is 0 Å². The fourth-order valence-corrected chi connectivity index (χ4v) is 9.22. The van der Waals surface area contributed by atoms with Gasteiger partial charge in [-0.3, -0.25) is 0 Å². The van der Waals surface area contributed by atoms with E-state index in [-0.39, 0.29) is 0 Å². The summed E-state index contributed by atoms with van der Waals surface area (Å²) >= 11 is 0. The minimum absolute atomic E-state index is 0.291. The summed E-state index contributed by atoms with van der Waals surface area (Å²) in [6.45, 7) is 24.6. The molecule has 3 aliphatic rings. The molecule has 8 unspecified atom stereocenters. The van der Waals surface area contributed by atoms with E-state index in [1.807, 2.05) is 5.57 Å². The van der Waals surface area contributed by atoms with Gasteiger partial charge in [-0.25, -0.2) is 0 Å². The number of hydrogen-bond acceptors (Lipinski definition) is 0. The lowest BCUT2D eigenvalue weighted by atomic mass is 9.51. The van der Waals surface area contributed by atoms with E-state index in [0.29, 0.717) is 22.2 Å². The lowest BCUT2D eigenvalue weighted by Gasteiger charge is -2.53. The highest BCUT2D eigenvalue weighted by atomic mass is 14.7. The van der Waals surface area contributed by atoms with Crippen molar-refractivity contribution in [1.82, 2.24) is 0 Å². The Bertz CT molecular complexity index is 743. The standard InChI is InChI=1S/C36H64/c1-10-12-18-28(4)25-29(5)26-36(32-21-15-13-14-19-27(3)20-16-17-22-32)24-23-33(36)30(6)35(9)31(7)34(35,8)11-2/h23,27-30,32H,7,10-22,24-26H2,1-6,8-9H3. The van der Waals surface area contributed by atoms with Crippen molar-refractivity contribution in [3.8, 4) is 0 Å². The molecular formula is C36H64. The van der Waals surface area contributed by atoms with Gasteiger partial charge in [-0.2, -0.15) is 0 Å². The van der Waals surface area contributed by atoms with Crippen LogP contribution in [-0.4, -0.2) is 0 Å². The fraction of sp³-hybridized carbons (Fsp3) is 0.889. The average Bonchev–Trinajstić information content (AvgIpc) is 3.30. The van der Waals surface area contributed by atoms with Crippen molar-refractivity contribution in [2.45, 2.75) is 158 Å². The molecule has 0 aromatic rings. The quantitative estimate of drug-likeness (QED) is 0.249. The molecule has 36 heavy (non-hydrogen) atoms. The summed E-state index contributed by atoms with van der Waals surface area (Å²) in [5, 5.41) is 0. The monoisotopic (exact) mass is 497 g/mol. The van der Waals surface area contributed by atoms with Crippen molar-refractivity contribution >= 4 is 0 Å². The molecule has 0 saturated heterocycles. The van der Waals surface area contributed by atoms with Gasteiger partial charge in [-0.15, -0.1) is 0 Å². The van der Waals surface area contributed by atoms with Gasteiger partial charge < -0.3 is 0 Å². The minimum atomic E-state index is 0.291. The molecule has 0 aliphatic heterocycles. The summed E-state index contributed by atoms with van der Waals surface area (Å²) in [5.41, 5.74) is 4.48. The lowest BCUT2D eigenvalue weighted by Crippen LogP contribution is -2.44. The molecule has 2 fully saturated rings. The summed E-state index contributed by atoms with van der Waals surface area (Å²) in [5.74, 6) is 4.18. The van der Waals surface area contributed by atoms with Crippen LogP contribution in [0.25, 0.3) is 0 Å². The number of unbranched alkanes of at least 4 members (excludes halogenated alkanes) is 1. The van der Waals surface area contributed by atoms with Crippen LogP contribution in [0.15, 0.2) is 23.8 Å². The minimum Gasteiger partial charge on any atom is -0.0987 e. The predicted octanol–water partition coefficient (Wildman–Crippen LogP) is 12.0. The zero-order chi connectivity index (χ0) is 26.6. The van der Waals surface area contributed by atoms with Crippen molar-refractivity contribution in [1.29, 1.82) is 0 Å². The molecule has 0 aromatic heterocycles. The van der Waals surface area contributed by atoms with Gasteiger partial charge in [0.25, 0.3) is 0 Å². The van der Waals surface area contributed by atoms with Crippen LogP contribution in [0, 0.1) is 45.8 Å². The Morgan fingerprint density at radius 3 is 2.08 bits per heavy atom. The van der Waals surface area contributed by atoms with Crippen molar-refractivity contribution in [3.63, 3.8) is 0 Å². The highest BCUT2D eigenvalue weighted by Gasteiger charge is 2.68. The van der Waals surface area contributed by atoms with Crippen LogP contribution in [0.4, 0.5) is 0 Å². The molecule has 0 heterocycles. The van der Waals surface area contributed by atoms with E-state index in [0.717, 1.165) is 23.7 Å². The third kappa shape index (κ3) is 5.88. The SMILES string of the molecule is C=C1C(C)(CC)C1(C)C(C)C1=CCC1(CC(C)CC(C)CCCC)C1CCCCCC(C)CCCC1. The fourth-order valence-electron chi connectivity index (χ4n) is 9.22. The number of rotatable bonds is 11. The Hall–Kier alpha value is -0.520. The molecule has 3 rings (SSSR count). The highest BCUT2D eigenvalue weighted by molar-refractivity contribution is 5.47. The second-order valence-corrected chi connectivity index (χ2v) is 14.6. The predicted molar refractivity (Wildman–Crippen MR) is 161 cm³/mol. The van der Waals surface area contributed by atoms with Crippen molar-refractivity contribution in [2.24, 2.45) is 45.8 Å². The van der Waals surface area contributed by atoms with Gasteiger partial charge in [0.15, 0.2) is 0 Å². The van der Waals surface area contributed by atoms with Crippen LogP contribution < -0.4 is 0 Å². The first-order valence-electron chi connectivity index (χ1n) is 16.5. The molecule has 0 heteroatoms. The van der Waals surface area contributed by atoms with Gasteiger partial charge in [0.1, 0.15) is 0 Å². The molecule has 2 saturated carbocycles. The van der Waals surface area contributed by atoms with Crippen molar-refractivity contribution < 1.29 is 0 Å². The molecule has 0 radical (unpaired) electrons. The van der Waals surface area contributed by atoms with Gasteiger partial charge >= 0.3 is 0 Å². The maximum absolute atomic E-state index is 4.64. The molecule has 208 valence electrons. The smallest absolute Gasteiger partial charge is 0.00405 e. The highest BCUT2D eigenvalue weighted by Crippen LogP contribution is 2.76. The van der Waals surface area contributed by atoms with Crippen LogP contribution in [0.2, 0.25) is 0 Å². The van der Waals surface area contributed by atoms with E-state index in [1.54, 1.807) is 0 Å². The third-order valence-electron chi connectivity index (χ3n) is 12.3. The zero-order valence-corrected chi connectivity index (χ0v) is 26.0. The van der Waals surface area contributed by atoms with Gasteiger partial charge in [0, 0.05) is 5.41 Å².